The van der Waals surface area contributed by atoms with E-state index in [1.54, 1.807) is 6.20 Å². The summed E-state index contributed by atoms with van der Waals surface area (Å²) in [5, 5.41) is 1.07. The second-order valence-corrected chi connectivity index (χ2v) is 4.87. The molecule has 21 heavy (non-hydrogen) atoms. The highest BCUT2D eigenvalue weighted by Gasteiger charge is 2.11. The van der Waals surface area contributed by atoms with Gasteiger partial charge in [0.05, 0.1) is 5.52 Å². The zero-order chi connectivity index (χ0) is 14.8. The predicted molar refractivity (Wildman–Crippen MR) is 84.7 cm³/mol. The average Bonchev–Trinajstić information content (AvgIpc) is 2.53. The number of pyridine rings is 1. The lowest BCUT2D eigenvalue weighted by atomic mass is 10.1. The molecular formula is C16H17N5. The van der Waals surface area contributed by atoms with Crippen LogP contribution in [-0.4, -0.2) is 15.0 Å². The normalized spacial score (nSPS) is 10.8. The van der Waals surface area contributed by atoms with Crippen LogP contribution in [-0.2, 0) is 6.42 Å². The van der Waals surface area contributed by atoms with E-state index in [0.29, 0.717) is 11.6 Å². The number of nitrogens with one attached hydrogen (secondary N) is 1. The molecule has 0 aliphatic carbocycles. The van der Waals surface area contributed by atoms with Gasteiger partial charge in [-0.1, -0.05) is 13.0 Å². The third kappa shape index (κ3) is 2.43. The van der Waals surface area contributed by atoms with Crippen molar-refractivity contribution in [2.45, 2.75) is 20.3 Å². The molecule has 0 spiro atoms. The molecular weight excluding hydrogens is 262 g/mol. The Balaban J connectivity index is 2.15. The van der Waals surface area contributed by atoms with E-state index < -0.39 is 0 Å². The molecule has 3 N–H and O–H groups in total. The van der Waals surface area contributed by atoms with Gasteiger partial charge in [-0.05, 0) is 37.6 Å². The molecule has 3 aromatic rings. The number of hydrazine groups is 1. The Bertz CT molecular complexity index is 798. The van der Waals surface area contributed by atoms with Crippen molar-refractivity contribution in [2.24, 2.45) is 5.84 Å². The van der Waals surface area contributed by atoms with Crippen LogP contribution in [0.1, 0.15) is 18.2 Å². The summed E-state index contributed by atoms with van der Waals surface area (Å²) in [6.07, 6.45) is 2.63. The molecule has 0 amide bonds. The minimum atomic E-state index is 0.670. The number of benzene rings is 1. The lowest BCUT2D eigenvalue weighted by molar-refractivity contribution is 0.995. The van der Waals surface area contributed by atoms with E-state index in [4.69, 9.17) is 5.84 Å². The number of rotatable bonds is 3. The van der Waals surface area contributed by atoms with Crippen LogP contribution in [0.2, 0.25) is 0 Å². The number of nitrogen functional groups attached to an aromatic ring is 1. The number of nitrogens with zero attached hydrogens (tertiary/aromatic N) is 3. The number of hydrogen-bond acceptors (Lipinski definition) is 5. The molecule has 0 atom stereocenters. The van der Waals surface area contributed by atoms with Crippen molar-refractivity contribution in [3.05, 3.63) is 47.8 Å². The molecule has 0 bridgehead atoms. The summed E-state index contributed by atoms with van der Waals surface area (Å²) in [6.45, 7) is 4.04. The van der Waals surface area contributed by atoms with Crippen molar-refractivity contribution in [3.8, 4) is 11.4 Å². The minimum Gasteiger partial charge on any atom is -0.308 e. The Hall–Kier alpha value is -2.53. The molecule has 0 saturated heterocycles. The van der Waals surface area contributed by atoms with Crippen molar-refractivity contribution in [2.75, 3.05) is 5.43 Å². The summed E-state index contributed by atoms with van der Waals surface area (Å²) >= 11 is 0. The Morgan fingerprint density at radius 1 is 1.19 bits per heavy atom. The number of aromatic nitrogens is 3. The molecule has 0 radical (unpaired) electrons. The lowest BCUT2D eigenvalue weighted by Crippen LogP contribution is -2.13. The van der Waals surface area contributed by atoms with E-state index in [1.165, 1.54) is 0 Å². The van der Waals surface area contributed by atoms with Gasteiger partial charge in [0.1, 0.15) is 5.82 Å². The summed E-state index contributed by atoms with van der Waals surface area (Å²) in [7, 11) is 0. The van der Waals surface area contributed by atoms with Gasteiger partial charge in [0.15, 0.2) is 5.82 Å². The molecule has 2 aromatic heterocycles. The van der Waals surface area contributed by atoms with E-state index in [0.717, 1.165) is 34.1 Å². The first kappa shape index (κ1) is 13.5. The van der Waals surface area contributed by atoms with Gasteiger partial charge in [-0.2, -0.15) is 0 Å². The quantitative estimate of drug-likeness (QED) is 0.569. The summed E-state index contributed by atoms with van der Waals surface area (Å²) in [4.78, 5) is 13.5. The van der Waals surface area contributed by atoms with Gasteiger partial charge in [-0.3, -0.25) is 4.98 Å². The highest BCUT2D eigenvalue weighted by atomic mass is 15.3. The number of fused-ring (bicyclic) bond motifs is 1. The summed E-state index contributed by atoms with van der Waals surface area (Å²) in [6, 6.07) is 9.96. The SMILES string of the molecule is CCc1c(C)nc(-c2ccc3ncccc3c2)nc1NN. The van der Waals surface area contributed by atoms with Crippen LogP contribution in [0.25, 0.3) is 22.3 Å². The van der Waals surface area contributed by atoms with Crippen LogP contribution in [0.15, 0.2) is 36.5 Å². The van der Waals surface area contributed by atoms with E-state index in [9.17, 15) is 0 Å². The third-order valence-corrected chi connectivity index (χ3v) is 3.57. The molecule has 5 heteroatoms. The number of aryl methyl sites for hydroxylation is 1. The topological polar surface area (TPSA) is 76.7 Å². The zero-order valence-corrected chi connectivity index (χ0v) is 12.1. The zero-order valence-electron chi connectivity index (χ0n) is 12.1. The van der Waals surface area contributed by atoms with Gasteiger partial charge in [-0.25, -0.2) is 15.8 Å². The molecule has 1 aromatic carbocycles. The summed E-state index contributed by atoms with van der Waals surface area (Å²) < 4.78 is 0. The van der Waals surface area contributed by atoms with Crippen LogP contribution in [0.4, 0.5) is 5.82 Å². The fourth-order valence-corrected chi connectivity index (χ4v) is 2.48. The number of hydrogen-bond donors (Lipinski definition) is 2. The van der Waals surface area contributed by atoms with Crippen LogP contribution >= 0.6 is 0 Å². The third-order valence-electron chi connectivity index (χ3n) is 3.57. The molecule has 2 heterocycles. The van der Waals surface area contributed by atoms with Crippen LogP contribution in [0, 0.1) is 6.92 Å². The second kappa shape index (κ2) is 5.46. The van der Waals surface area contributed by atoms with E-state index in [1.807, 2.05) is 37.3 Å². The molecule has 0 saturated carbocycles. The van der Waals surface area contributed by atoms with E-state index >= 15 is 0 Å². The van der Waals surface area contributed by atoms with Gasteiger partial charge >= 0.3 is 0 Å². The van der Waals surface area contributed by atoms with E-state index in [2.05, 4.69) is 27.3 Å². The van der Waals surface area contributed by atoms with Crippen molar-refractivity contribution in [3.63, 3.8) is 0 Å². The van der Waals surface area contributed by atoms with Gasteiger partial charge < -0.3 is 5.43 Å². The van der Waals surface area contributed by atoms with Gasteiger partial charge in [0.25, 0.3) is 0 Å². The van der Waals surface area contributed by atoms with Crippen LogP contribution in [0.3, 0.4) is 0 Å². The van der Waals surface area contributed by atoms with Gasteiger partial charge in [-0.15, -0.1) is 0 Å². The predicted octanol–water partition coefficient (Wildman–Crippen LogP) is 2.85. The summed E-state index contributed by atoms with van der Waals surface area (Å²) in [5.74, 6) is 6.94. The van der Waals surface area contributed by atoms with Crippen LogP contribution in [0.5, 0.6) is 0 Å². The maximum absolute atomic E-state index is 5.58. The maximum atomic E-state index is 5.58. The minimum absolute atomic E-state index is 0.670. The first-order valence-corrected chi connectivity index (χ1v) is 6.92. The smallest absolute Gasteiger partial charge is 0.161 e. The first-order valence-electron chi connectivity index (χ1n) is 6.92. The lowest BCUT2D eigenvalue weighted by Gasteiger charge is -2.11. The Kier molecular flexibility index (Phi) is 3.50. The Morgan fingerprint density at radius 2 is 2.05 bits per heavy atom. The standard InChI is InChI=1S/C16H17N5/c1-3-13-10(2)19-15(20-16(13)21-17)12-6-7-14-11(9-12)5-4-8-18-14/h4-9H,3,17H2,1-2H3,(H,19,20,21). The van der Waals surface area contributed by atoms with Crippen molar-refractivity contribution < 1.29 is 0 Å². The molecule has 3 rings (SSSR count). The van der Waals surface area contributed by atoms with Crippen molar-refractivity contribution in [1.82, 2.24) is 15.0 Å². The largest absolute Gasteiger partial charge is 0.308 e. The maximum Gasteiger partial charge on any atom is 0.161 e. The molecule has 5 nitrogen and oxygen atoms in total. The second-order valence-electron chi connectivity index (χ2n) is 4.87. The molecule has 0 fully saturated rings. The number of nitrogens with two attached hydrogens (primary N) is 1. The first-order chi connectivity index (χ1) is 10.2. The molecule has 0 aliphatic heterocycles. The molecule has 106 valence electrons. The van der Waals surface area contributed by atoms with E-state index in [-0.39, 0.29) is 0 Å². The van der Waals surface area contributed by atoms with Crippen molar-refractivity contribution >= 4 is 16.7 Å². The van der Waals surface area contributed by atoms with Crippen molar-refractivity contribution in [1.29, 1.82) is 0 Å². The summed E-state index contributed by atoms with van der Waals surface area (Å²) in [5.41, 5.74) is 6.58. The van der Waals surface area contributed by atoms with Crippen LogP contribution < -0.4 is 11.3 Å². The highest BCUT2D eigenvalue weighted by molar-refractivity contribution is 5.83. The molecule has 0 unspecified atom stereocenters. The fourth-order valence-electron chi connectivity index (χ4n) is 2.48. The van der Waals surface area contributed by atoms with Gasteiger partial charge in [0.2, 0.25) is 0 Å². The average molecular weight is 279 g/mol. The molecule has 0 aliphatic rings. The fraction of sp³-hybridized carbons (Fsp3) is 0.188. The monoisotopic (exact) mass is 279 g/mol. The van der Waals surface area contributed by atoms with Gasteiger partial charge in [0, 0.05) is 28.4 Å². The Morgan fingerprint density at radius 3 is 2.81 bits per heavy atom. The Labute approximate surface area is 123 Å². The number of anilines is 1. The highest BCUT2D eigenvalue weighted by Crippen LogP contribution is 2.24.